The fourth-order valence-corrected chi connectivity index (χ4v) is 3.08. The van der Waals surface area contributed by atoms with Crippen molar-refractivity contribution in [2.75, 3.05) is 19.7 Å². The molecule has 3 heterocycles. The van der Waals surface area contributed by atoms with E-state index in [1.54, 1.807) is 12.3 Å². The van der Waals surface area contributed by atoms with Crippen molar-refractivity contribution in [3.63, 3.8) is 0 Å². The Morgan fingerprint density at radius 2 is 2.23 bits per heavy atom. The lowest BCUT2D eigenvalue weighted by molar-refractivity contribution is 0.0944. The van der Waals surface area contributed by atoms with Crippen LogP contribution in [0.25, 0.3) is 0 Å². The van der Waals surface area contributed by atoms with Crippen LogP contribution in [0, 0.1) is 5.92 Å². The zero-order valence-corrected chi connectivity index (χ0v) is 14.9. The number of amides is 1. The number of carbonyl (C=O) groups is 1. The molecule has 1 saturated heterocycles. The van der Waals surface area contributed by atoms with Crippen LogP contribution in [0.3, 0.4) is 0 Å². The fourth-order valence-electron chi connectivity index (χ4n) is 3.08. The Morgan fingerprint density at radius 1 is 1.31 bits per heavy atom. The number of pyridine rings is 1. The average Bonchev–Trinajstić information content (AvgIpc) is 3.39. The molecular formula is C19H25N5O2. The van der Waals surface area contributed by atoms with E-state index in [1.807, 2.05) is 23.0 Å². The highest BCUT2D eigenvalue weighted by atomic mass is 16.5. The Bertz CT molecular complexity index is 733. The lowest BCUT2D eigenvalue weighted by Gasteiger charge is -2.22. The molecule has 7 nitrogen and oxygen atoms in total. The SMILES string of the molecule is O=C(NCc1ccc(OCC2CC2)nc1)c1ccn(C2CCCNC2)n1. The molecule has 1 aliphatic carbocycles. The van der Waals surface area contributed by atoms with Crippen LogP contribution < -0.4 is 15.4 Å². The summed E-state index contributed by atoms with van der Waals surface area (Å²) in [7, 11) is 0. The Morgan fingerprint density at radius 3 is 2.96 bits per heavy atom. The van der Waals surface area contributed by atoms with Gasteiger partial charge in [-0.25, -0.2) is 4.98 Å². The van der Waals surface area contributed by atoms with Crippen molar-refractivity contribution < 1.29 is 9.53 Å². The van der Waals surface area contributed by atoms with Gasteiger partial charge in [0.2, 0.25) is 5.88 Å². The highest BCUT2D eigenvalue weighted by molar-refractivity contribution is 5.92. The molecule has 2 aliphatic rings. The molecule has 4 rings (SSSR count). The van der Waals surface area contributed by atoms with Crippen LogP contribution in [0.5, 0.6) is 5.88 Å². The molecule has 2 aromatic rings. The molecule has 0 radical (unpaired) electrons. The first kappa shape index (κ1) is 17.0. The largest absolute Gasteiger partial charge is 0.477 e. The number of hydrogen-bond donors (Lipinski definition) is 2. The van der Waals surface area contributed by atoms with Gasteiger partial charge in [0.15, 0.2) is 0 Å². The number of ether oxygens (including phenoxy) is 1. The Labute approximate surface area is 153 Å². The predicted octanol–water partition coefficient (Wildman–Crippen LogP) is 1.92. The molecule has 138 valence electrons. The first-order chi connectivity index (χ1) is 12.8. The maximum absolute atomic E-state index is 12.3. The van der Waals surface area contributed by atoms with Crippen LogP contribution in [-0.4, -0.2) is 40.4 Å². The van der Waals surface area contributed by atoms with Gasteiger partial charge in [-0.05, 0) is 49.8 Å². The lowest BCUT2D eigenvalue weighted by atomic mass is 10.1. The van der Waals surface area contributed by atoms with Crippen LogP contribution in [0.15, 0.2) is 30.6 Å². The highest BCUT2D eigenvalue weighted by Gasteiger charge is 2.22. The smallest absolute Gasteiger partial charge is 0.272 e. The third kappa shape index (κ3) is 4.40. The van der Waals surface area contributed by atoms with Crippen LogP contribution in [0.2, 0.25) is 0 Å². The van der Waals surface area contributed by atoms with Crippen molar-refractivity contribution in [3.05, 3.63) is 41.9 Å². The van der Waals surface area contributed by atoms with Gasteiger partial charge in [-0.2, -0.15) is 5.10 Å². The zero-order valence-electron chi connectivity index (χ0n) is 14.9. The van der Waals surface area contributed by atoms with Crippen molar-refractivity contribution in [2.45, 2.75) is 38.3 Å². The molecule has 0 bridgehead atoms. The van der Waals surface area contributed by atoms with Crippen molar-refractivity contribution >= 4 is 5.91 Å². The van der Waals surface area contributed by atoms with Gasteiger partial charge in [0.1, 0.15) is 5.69 Å². The minimum Gasteiger partial charge on any atom is -0.477 e. The summed E-state index contributed by atoms with van der Waals surface area (Å²) in [5, 5.41) is 10.7. The summed E-state index contributed by atoms with van der Waals surface area (Å²) in [6, 6.07) is 5.89. The summed E-state index contributed by atoms with van der Waals surface area (Å²) in [4.78, 5) is 16.6. The van der Waals surface area contributed by atoms with E-state index in [1.165, 1.54) is 12.8 Å². The first-order valence-electron chi connectivity index (χ1n) is 9.40. The second kappa shape index (κ2) is 7.86. The average molecular weight is 355 g/mol. The maximum Gasteiger partial charge on any atom is 0.272 e. The lowest BCUT2D eigenvalue weighted by Crippen LogP contribution is -2.32. The number of carbonyl (C=O) groups excluding carboxylic acids is 1. The molecule has 26 heavy (non-hydrogen) atoms. The molecule has 0 spiro atoms. The number of rotatable bonds is 7. The number of hydrogen-bond acceptors (Lipinski definition) is 5. The predicted molar refractivity (Wildman–Crippen MR) is 97.0 cm³/mol. The summed E-state index contributed by atoms with van der Waals surface area (Å²) in [5.41, 5.74) is 1.39. The number of nitrogens with one attached hydrogen (secondary N) is 2. The molecule has 1 aliphatic heterocycles. The van der Waals surface area contributed by atoms with E-state index in [-0.39, 0.29) is 5.91 Å². The second-order valence-electron chi connectivity index (χ2n) is 7.12. The van der Waals surface area contributed by atoms with E-state index < -0.39 is 0 Å². The van der Waals surface area contributed by atoms with Crippen molar-refractivity contribution in [1.82, 2.24) is 25.4 Å². The number of piperidine rings is 1. The van der Waals surface area contributed by atoms with Gasteiger partial charge in [0.05, 0.1) is 12.6 Å². The molecule has 2 aromatic heterocycles. The van der Waals surface area contributed by atoms with Crippen LogP contribution >= 0.6 is 0 Å². The van der Waals surface area contributed by atoms with E-state index in [0.717, 1.165) is 38.1 Å². The molecule has 1 saturated carbocycles. The Hall–Kier alpha value is -2.41. The fraction of sp³-hybridized carbons (Fsp3) is 0.526. The Balaban J connectivity index is 1.27. The standard InChI is InChI=1S/C19H25N5O2/c25-19(17-7-9-24(23-17)16-2-1-8-20-12-16)22-11-15-5-6-18(21-10-15)26-13-14-3-4-14/h5-7,9-10,14,16,20H,1-4,8,11-13H2,(H,22,25). The molecule has 0 aromatic carbocycles. The van der Waals surface area contributed by atoms with Crippen molar-refractivity contribution in [1.29, 1.82) is 0 Å². The minimum atomic E-state index is -0.165. The van der Waals surface area contributed by atoms with Gasteiger partial charge in [-0.3, -0.25) is 9.48 Å². The summed E-state index contributed by atoms with van der Waals surface area (Å²) in [6.07, 6.45) is 8.39. The summed E-state index contributed by atoms with van der Waals surface area (Å²) < 4.78 is 7.52. The van der Waals surface area contributed by atoms with Gasteiger partial charge >= 0.3 is 0 Å². The quantitative estimate of drug-likeness (QED) is 0.793. The van der Waals surface area contributed by atoms with E-state index in [0.29, 0.717) is 30.1 Å². The molecule has 1 unspecified atom stereocenters. The summed E-state index contributed by atoms with van der Waals surface area (Å²) in [5.74, 6) is 1.19. The minimum absolute atomic E-state index is 0.165. The highest BCUT2D eigenvalue weighted by Crippen LogP contribution is 2.29. The van der Waals surface area contributed by atoms with E-state index >= 15 is 0 Å². The summed E-state index contributed by atoms with van der Waals surface area (Å²) in [6.45, 7) is 3.14. The van der Waals surface area contributed by atoms with E-state index in [9.17, 15) is 4.79 Å². The molecule has 2 fully saturated rings. The normalized spacial score (nSPS) is 19.9. The van der Waals surface area contributed by atoms with Crippen molar-refractivity contribution in [2.24, 2.45) is 5.92 Å². The first-order valence-corrected chi connectivity index (χ1v) is 9.40. The van der Waals surface area contributed by atoms with Gasteiger partial charge in [-0.1, -0.05) is 6.07 Å². The molecule has 7 heteroatoms. The van der Waals surface area contributed by atoms with E-state index in [4.69, 9.17) is 4.74 Å². The van der Waals surface area contributed by atoms with Gasteiger partial charge in [0, 0.05) is 31.5 Å². The zero-order chi connectivity index (χ0) is 17.8. The van der Waals surface area contributed by atoms with Crippen molar-refractivity contribution in [3.8, 4) is 5.88 Å². The van der Waals surface area contributed by atoms with Gasteiger partial charge < -0.3 is 15.4 Å². The van der Waals surface area contributed by atoms with Gasteiger partial charge in [-0.15, -0.1) is 0 Å². The third-order valence-electron chi connectivity index (χ3n) is 4.90. The molecular weight excluding hydrogens is 330 g/mol. The van der Waals surface area contributed by atoms with E-state index in [2.05, 4.69) is 20.7 Å². The Kier molecular flexibility index (Phi) is 5.15. The monoisotopic (exact) mass is 355 g/mol. The van der Waals surface area contributed by atoms with Crippen LogP contribution in [0.4, 0.5) is 0 Å². The topological polar surface area (TPSA) is 81.1 Å². The van der Waals surface area contributed by atoms with Crippen LogP contribution in [-0.2, 0) is 6.54 Å². The van der Waals surface area contributed by atoms with Gasteiger partial charge in [0.25, 0.3) is 5.91 Å². The van der Waals surface area contributed by atoms with Crippen LogP contribution in [0.1, 0.15) is 47.8 Å². The maximum atomic E-state index is 12.3. The molecule has 1 amide bonds. The molecule has 1 atom stereocenters. The number of aromatic nitrogens is 3. The molecule has 2 N–H and O–H groups in total. The summed E-state index contributed by atoms with van der Waals surface area (Å²) >= 11 is 0. The third-order valence-corrected chi connectivity index (χ3v) is 4.90. The number of nitrogens with zero attached hydrogens (tertiary/aromatic N) is 3. The second-order valence-corrected chi connectivity index (χ2v) is 7.12.